The van der Waals surface area contributed by atoms with Crippen molar-refractivity contribution in [3.05, 3.63) is 52.8 Å². The third-order valence-corrected chi connectivity index (χ3v) is 5.70. The molecule has 0 fully saturated rings. The number of fused-ring (bicyclic) bond motifs is 1. The van der Waals surface area contributed by atoms with Crippen LogP contribution in [0.3, 0.4) is 0 Å². The second-order valence-electron chi connectivity index (χ2n) is 5.63. The number of ketones is 1. The van der Waals surface area contributed by atoms with E-state index in [-0.39, 0.29) is 35.0 Å². The highest BCUT2D eigenvalue weighted by Gasteiger charge is 2.34. The molecule has 0 saturated heterocycles. The number of carbonyl (C=O) groups excluding carboxylic acids is 2. The first kappa shape index (κ1) is 16.4. The van der Waals surface area contributed by atoms with Crippen molar-refractivity contribution >= 4 is 21.8 Å². The molecule has 0 radical (unpaired) electrons. The molecule has 6 nitrogen and oxygen atoms in total. The van der Waals surface area contributed by atoms with Crippen molar-refractivity contribution in [2.45, 2.75) is 31.6 Å². The molecular weight excluding hydrogens is 330 g/mol. The van der Waals surface area contributed by atoms with Crippen molar-refractivity contribution in [3.8, 4) is 0 Å². The molecule has 1 heterocycles. The first-order valence-electron chi connectivity index (χ1n) is 7.63. The minimum absolute atomic E-state index is 0.0553. The van der Waals surface area contributed by atoms with E-state index in [0.29, 0.717) is 12.0 Å². The van der Waals surface area contributed by atoms with E-state index in [4.69, 9.17) is 4.74 Å². The van der Waals surface area contributed by atoms with E-state index in [1.165, 1.54) is 18.3 Å². The Bertz CT molecular complexity index is 923. The standard InChI is InChI=1S/C17H17NO5S/c1-3-23-17(20)16-13-8-9-15(19)14(13)10-18(16)24(21,22)12-6-4-11(2)5-7-12/h4-7,10H,3,8-9H2,1-2H3. The minimum Gasteiger partial charge on any atom is -0.461 e. The van der Waals surface area contributed by atoms with E-state index < -0.39 is 16.0 Å². The Kier molecular flexibility index (Phi) is 4.04. The number of aryl methyl sites for hydroxylation is 1. The van der Waals surface area contributed by atoms with Crippen molar-refractivity contribution < 1.29 is 22.7 Å². The van der Waals surface area contributed by atoms with Gasteiger partial charge in [0.25, 0.3) is 10.0 Å². The largest absolute Gasteiger partial charge is 0.461 e. The van der Waals surface area contributed by atoms with Gasteiger partial charge >= 0.3 is 5.97 Å². The monoisotopic (exact) mass is 347 g/mol. The summed E-state index contributed by atoms with van der Waals surface area (Å²) in [5.74, 6) is -0.891. The number of aromatic nitrogens is 1. The fraction of sp³-hybridized carbons (Fsp3) is 0.294. The molecule has 3 rings (SSSR count). The Morgan fingerprint density at radius 1 is 1.21 bits per heavy atom. The molecule has 0 N–H and O–H groups in total. The Hall–Kier alpha value is -2.41. The Balaban J connectivity index is 2.20. The molecule has 2 aromatic rings. The molecule has 0 saturated carbocycles. The van der Waals surface area contributed by atoms with Gasteiger partial charge in [-0.2, -0.15) is 0 Å². The van der Waals surface area contributed by atoms with Crippen LogP contribution in [-0.2, 0) is 21.2 Å². The van der Waals surface area contributed by atoms with Gasteiger partial charge in [-0.15, -0.1) is 0 Å². The summed E-state index contributed by atoms with van der Waals surface area (Å²) in [5, 5.41) is 0. The average Bonchev–Trinajstić information content (AvgIpc) is 3.08. The van der Waals surface area contributed by atoms with Gasteiger partial charge in [0.05, 0.1) is 11.5 Å². The Morgan fingerprint density at radius 3 is 2.50 bits per heavy atom. The number of carbonyl (C=O) groups is 2. The number of rotatable bonds is 4. The molecule has 24 heavy (non-hydrogen) atoms. The van der Waals surface area contributed by atoms with Gasteiger partial charge in [0.2, 0.25) is 0 Å². The molecule has 0 aliphatic heterocycles. The molecule has 126 valence electrons. The van der Waals surface area contributed by atoms with Crippen LogP contribution in [0.25, 0.3) is 0 Å². The third-order valence-electron chi connectivity index (χ3n) is 4.03. The minimum atomic E-state index is -3.99. The van der Waals surface area contributed by atoms with Gasteiger partial charge in [-0.25, -0.2) is 17.2 Å². The molecule has 1 aliphatic carbocycles. The van der Waals surface area contributed by atoms with E-state index >= 15 is 0 Å². The SMILES string of the molecule is CCOC(=O)c1c2c(cn1S(=O)(=O)c1ccc(C)cc1)C(=O)CC2. The lowest BCUT2D eigenvalue weighted by molar-refractivity contribution is 0.0516. The summed E-state index contributed by atoms with van der Waals surface area (Å²) in [7, 11) is -3.99. The number of esters is 1. The van der Waals surface area contributed by atoms with E-state index in [2.05, 4.69) is 0 Å². The summed E-state index contributed by atoms with van der Waals surface area (Å²) in [6, 6.07) is 6.32. The molecular formula is C17H17NO5S. The van der Waals surface area contributed by atoms with Gasteiger partial charge < -0.3 is 4.74 Å². The summed E-state index contributed by atoms with van der Waals surface area (Å²) < 4.78 is 31.7. The molecule has 0 unspecified atom stereocenters. The van der Waals surface area contributed by atoms with E-state index in [9.17, 15) is 18.0 Å². The Labute approximate surface area is 140 Å². The number of hydrogen-bond acceptors (Lipinski definition) is 5. The van der Waals surface area contributed by atoms with Crippen LogP contribution in [0.2, 0.25) is 0 Å². The second kappa shape index (κ2) is 5.90. The van der Waals surface area contributed by atoms with Gasteiger partial charge in [0.1, 0.15) is 5.69 Å². The highest BCUT2D eigenvalue weighted by molar-refractivity contribution is 7.90. The van der Waals surface area contributed by atoms with Crippen LogP contribution in [0.15, 0.2) is 35.4 Å². The number of benzene rings is 1. The van der Waals surface area contributed by atoms with Crippen LogP contribution in [0.1, 0.15) is 45.3 Å². The van der Waals surface area contributed by atoms with Crippen molar-refractivity contribution in [2.75, 3.05) is 6.61 Å². The predicted molar refractivity (Wildman–Crippen MR) is 86.8 cm³/mol. The molecule has 1 aromatic carbocycles. The van der Waals surface area contributed by atoms with Crippen LogP contribution in [0.4, 0.5) is 0 Å². The van der Waals surface area contributed by atoms with Crippen molar-refractivity contribution in [2.24, 2.45) is 0 Å². The summed E-state index contributed by atoms with van der Waals surface area (Å²) in [4.78, 5) is 24.3. The number of Topliss-reactive ketones (excluding diaryl/α,β-unsaturated/α-hetero) is 1. The van der Waals surface area contributed by atoms with Gasteiger partial charge in [-0.05, 0) is 38.0 Å². The van der Waals surface area contributed by atoms with Crippen LogP contribution < -0.4 is 0 Å². The van der Waals surface area contributed by atoms with Crippen LogP contribution in [-0.4, -0.2) is 30.7 Å². The summed E-state index contributed by atoms with van der Waals surface area (Å²) in [6.07, 6.45) is 1.87. The first-order valence-corrected chi connectivity index (χ1v) is 9.07. The number of nitrogens with zero attached hydrogens (tertiary/aromatic N) is 1. The number of ether oxygens (including phenoxy) is 1. The van der Waals surface area contributed by atoms with Crippen LogP contribution in [0, 0.1) is 6.92 Å². The van der Waals surface area contributed by atoms with Gasteiger partial charge in [0, 0.05) is 18.2 Å². The average molecular weight is 347 g/mol. The van der Waals surface area contributed by atoms with Crippen molar-refractivity contribution in [1.29, 1.82) is 0 Å². The van der Waals surface area contributed by atoms with Gasteiger partial charge in [0.15, 0.2) is 5.78 Å². The Morgan fingerprint density at radius 2 is 1.88 bits per heavy atom. The highest BCUT2D eigenvalue weighted by Crippen LogP contribution is 2.30. The molecule has 1 aliphatic rings. The third kappa shape index (κ3) is 2.54. The summed E-state index contributed by atoms with van der Waals surface area (Å²) in [6.45, 7) is 3.62. The zero-order valence-electron chi connectivity index (χ0n) is 13.4. The van der Waals surface area contributed by atoms with E-state index in [1.807, 2.05) is 6.92 Å². The molecule has 0 spiro atoms. The zero-order valence-corrected chi connectivity index (χ0v) is 14.2. The predicted octanol–water partition coefficient (Wildman–Crippen LogP) is 2.34. The maximum atomic E-state index is 12.9. The number of hydrogen-bond donors (Lipinski definition) is 0. The van der Waals surface area contributed by atoms with Gasteiger partial charge in [-0.3, -0.25) is 4.79 Å². The van der Waals surface area contributed by atoms with Gasteiger partial charge in [-0.1, -0.05) is 17.7 Å². The lowest BCUT2D eigenvalue weighted by atomic mass is 10.2. The molecule has 1 aromatic heterocycles. The fourth-order valence-electron chi connectivity index (χ4n) is 2.81. The van der Waals surface area contributed by atoms with Crippen LogP contribution in [0.5, 0.6) is 0 Å². The molecule has 7 heteroatoms. The highest BCUT2D eigenvalue weighted by atomic mass is 32.2. The quantitative estimate of drug-likeness (QED) is 0.793. The molecule has 0 bridgehead atoms. The maximum absolute atomic E-state index is 12.9. The summed E-state index contributed by atoms with van der Waals surface area (Å²) >= 11 is 0. The maximum Gasteiger partial charge on any atom is 0.356 e. The lowest BCUT2D eigenvalue weighted by Gasteiger charge is -2.11. The normalized spacial score (nSPS) is 13.8. The smallest absolute Gasteiger partial charge is 0.356 e. The second-order valence-corrected chi connectivity index (χ2v) is 7.44. The zero-order chi connectivity index (χ0) is 17.5. The topological polar surface area (TPSA) is 82.4 Å². The van der Waals surface area contributed by atoms with Crippen molar-refractivity contribution in [3.63, 3.8) is 0 Å². The summed E-state index contributed by atoms with van der Waals surface area (Å²) in [5.41, 5.74) is 1.59. The fourth-order valence-corrected chi connectivity index (χ4v) is 4.19. The first-order chi connectivity index (χ1) is 11.4. The van der Waals surface area contributed by atoms with Crippen molar-refractivity contribution in [1.82, 2.24) is 3.97 Å². The molecule has 0 amide bonds. The lowest BCUT2D eigenvalue weighted by Crippen LogP contribution is -2.20. The molecule has 0 atom stereocenters. The van der Waals surface area contributed by atoms with E-state index in [1.54, 1.807) is 19.1 Å². The van der Waals surface area contributed by atoms with E-state index in [0.717, 1.165) is 9.54 Å². The van der Waals surface area contributed by atoms with Crippen LogP contribution >= 0.6 is 0 Å².